The minimum atomic E-state index is -0.723. The Kier molecular flexibility index (Phi) is 5.31. The third kappa shape index (κ3) is 3.97. The van der Waals surface area contributed by atoms with Crippen LogP contribution >= 0.6 is 0 Å². The maximum atomic E-state index is 13.3. The fourth-order valence-corrected chi connectivity index (χ4v) is 1.11. The molecule has 94 valence electrons. The molecule has 17 heavy (non-hydrogen) atoms. The summed E-state index contributed by atoms with van der Waals surface area (Å²) in [6, 6.07) is 3.54. The number of hydrazine groups is 1. The van der Waals surface area contributed by atoms with E-state index in [1.54, 1.807) is 0 Å². The summed E-state index contributed by atoms with van der Waals surface area (Å²) in [5.74, 6) is 3.79. The van der Waals surface area contributed by atoms with Crippen molar-refractivity contribution in [1.29, 1.82) is 0 Å². The van der Waals surface area contributed by atoms with Crippen LogP contribution in [0.15, 0.2) is 23.2 Å². The first-order chi connectivity index (χ1) is 8.19. The predicted molar refractivity (Wildman–Crippen MR) is 61.5 cm³/mol. The zero-order valence-electron chi connectivity index (χ0n) is 9.34. The Morgan fingerprint density at radius 1 is 1.41 bits per heavy atom. The maximum Gasteiger partial charge on any atom is 0.210 e. The number of hydrogen-bond acceptors (Lipinski definition) is 3. The summed E-state index contributed by atoms with van der Waals surface area (Å²) in [6.07, 6.45) is 0. The molecular formula is C10H14F2N4O. The number of hydrogen-bond donors (Lipinski definition) is 3. The standard InChI is InChI=1S/C10H14F2N4O/c1-17-6-5-14-10(16-13)15-9-7(11)3-2-4-8(9)12/h2-4H,5-6,13H2,1H3,(H2,14,15,16). The van der Waals surface area contributed by atoms with Crippen LogP contribution in [0, 0.1) is 11.6 Å². The normalized spacial score (nSPS) is 11.4. The smallest absolute Gasteiger partial charge is 0.210 e. The molecule has 0 unspecified atom stereocenters. The number of guanidine groups is 1. The molecule has 1 aromatic rings. The van der Waals surface area contributed by atoms with Gasteiger partial charge in [-0.3, -0.25) is 5.43 Å². The van der Waals surface area contributed by atoms with Crippen molar-refractivity contribution < 1.29 is 13.5 Å². The average Bonchev–Trinajstić information content (AvgIpc) is 2.32. The lowest BCUT2D eigenvalue weighted by Gasteiger charge is -2.10. The van der Waals surface area contributed by atoms with Crippen LogP contribution in [0.5, 0.6) is 0 Å². The maximum absolute atomic E-state index is 13.3. The van der Waals surface area contributed by atoms with Crippen LogP contribution < -0.4 is 16.6 Å². The summed E-state index contributed by atoms with van der Waals surface area (Å²) in [5.41, 5.74) is 1.91. The topological polar surface area (TPSA) is 71.7 Å². The number of aliphatic imine (C=N–C) groups is 1. The number of nitrogens with two attached hydrogens (primary N) is 1. The van der Waals surface area contributed by atoms with Crippen LogP contribution in [0.2, 0.25) is 0 Å². The summed E-state index contributed by atoms with van der Waals surface area (Å²) in [7, 11) is 1.52. The molecule has 5 nitrogen and oxygen atoms in total. The van der Waals surface area contributed by atoms with Crippen LogP contribution in [-0.4, -0.2) is 26.2 Å². The second-order valence-electron chi connectivity index (χ2n) is 3.09. The molecule has 1 aromatic carbocycles. The molecule has 4 N–H and O–H groups in total. The number of halogens is 2. The van der Waals surface area contributed by atoms with Crippen molar-refractivity contribution in [2.24, 2.45) is 10.8 Å². The van der Waals surface area contributed by atoms with E-state index in [1.165, 1.54) is 13.2 Å². The van der Waals surface area contributed by atoms with Gasteiger partial charge in [0.05, 0.1) is 13.2 Å². The van der Waals surface area contributed by atoms with Gasteiger partial charge in [-0.15, -0.1) is 0 Å². The lowest BCUT2D eigenvalue weighted by molar-refractivity contribution is 0.208. The van der Waals surface area contributed by atoms with Crippen molar-refractivity contribution in [3.05, 3.63) is 29.8 Å². The Morgan fingerprint density at radius 3 is 2.59 bits per heavy atom. The van der Waals surface area contributed by atoms with Crippen LogP contribution in [0.3, 0.4) is 0 Å². The van der Waals surface area contributed by atoms with Gasteiger partial charge >= 0.3 is 0 Å². The molecule has 0 aromatic heterocycles. The predicted octanol–water partition coefficient (Wildman–Crippen LogP) is 0.842. The highest BCUT2D eigenvalue weighted by molar-refractivity contribution is 5.93. The first-order valence-electron chi connectivity index (χ1n) is 4.90. The van der Waals surface area contributed by atoms with Gasteiger partial charge in [-0.25, -0.2) is 19.6 Å². The van der Waals surface area contributed by atoms with Gasteiger partial charge in [0.1, 0.15) is 17.3 Å². The molecule has 0 radical (unpaired) electrons. The Bertz CT molecular complexity index is 378. The average molecular weight is 244 g/mol. The van der Waals surface area contributed by atoms with Gasteiger partial charge in [-0.1, -0.05) is 6.07 Å². The van der Waals surface area contributed by atoms with Crippen molar-refractivity contribution >= 4 is 11.6 Å². The quantitative estimate of drug-likeness (QED) is 0.241. The van der Waals surface area contributed by atoms with E-state index in [9.17, 15) is 8.78 Å². The zero-order chi connectivity index (χ0) is 12.7. The Morgan fingerprint density at radius 2 is 2.06 bits per heavy atom. The largest absolute Gasteiger partial charge is 0.383 e. The molecular weight excluding hydrogens is 230 g/mol. The van der Waals surface area contributed by atoms with Crippen molar-refractivity contribution in [3.8, 4) is 0 Å². The number of nitrogens with zero attached hydrogens (tertiary/aromatic N) is 1. The molecule has 0 aliphatic heterocycles. The van der Waals surface area contributed by atoms with Gasteiger partial charge in [0.25, 0.3) is 0 Å². The number of ether oxygens (including phenoxy) is 1. The van der Waals surface area contributed by atoms with E-state index < -0.39 is 11.6 Å². The van der Waals surface area contributed by atoms with E-state index in [4.69, 9.17) is 10.6 Å². The molecule has 0 bridgehead atoms. The summed E-state index contributed by atoms with van der Waals surface area (Å²) in [5, 5.41) is 2.43. The molecule has 1 rings (SSSR count). The third-order valence-corrected chi connectivity index (χ3v) is 1.91. The molecule has 0 saturated heterocycles. The first kappa shape index (κ1) is 13.3. The molecule has 0 heterocycles. The van der Waals surface area contributed by atoms with E-state index in [2.05, 4.69) is 15.7 Å². The van der Waals surface area contributed by atoms with Crippen molar-refractivity contribution in [1.82, 2.24) is 5.43 Å². The lowest BCUT2D eigenvalue weighted by atomic mass is 10.3. The van der Waals surface area contributed by atoms with Gasteiger partial charge in [0.15, 0.2) is 0 Å². The minimum absolute atomic E-state index is 0.0612. The van der Waals surface area contributed by atoms with Gasteiger partial charge in [0.2, 0.25) is 5.96 Å². The Balaban J connectivity index is 2.77. The monoisotopic (exact) mass is 244 g/mol. The Labute approximate surface area is 97.6 Å². The molecule has 0 spiro atoms. The highest BCUT2D eigenvalue weighted by Gasteiger charge is 2.09. The van der Waals surface area contributed by atoms with E-state index in [-0.39, 0.29) is 11.6 Å². The van der Waals surface area contributed by atoms with Crippen LogP contribution in [-0.2, 0) is 4.74 Å². The summed E-state index contributed by atoms with van der Waals surface area (Å²) < 4.78 is 31.4. The number of methoxy groups -OCH3 is 1. The van der Waals surface area contributed by atoms with Gasteiger partial charge in [-0.05, 0) is 12.1 Å². The minimum Gasteiger partial charge on any atom is -0.383 e. The third-order valence-electron chi connectivity index (χ3n) is 1.91. The molecule has 0 fully saturated rings. The molecule has 0 amide bonds. The molecule has 7 heteroatoms. The van der Waals surface area contributed by atoms with Crippen LogP contribution in [0.4, 0.5) is 14.5 Å². The Hall–Kier alpha value is -1.73. The SMILES string of the molecule is COCCN=C(NN)Nc1c(F)cccc1F. The van der Waals surface area contributed by atoms with Crippen molar-refractivity contribution in [2.45, 2.75) is 0 Å². The van der Waals surface area contributed by atoms with E-state index >= 15 is 0 Å². The van der Waals surface area contributed by atoms with E-state index in [0.717, 1.165) is 12.1 Å². The van der Waals surface area contributed by atoms with Crippen LogP contribution in [0.25, 0.3) is 0 Å². The number of para-hydroxylation sites is 1. The highest BCUT2D eigenvalue weighted by atomic mass is 19.1. The summed E-state index contributed by atoms with van der Waals surface area (Å²) in [6.45, 7) is 0.700. The molecule has 0 saturated carbocycles. The number of benzene rings is 1. The molecule has 0 aliphatic carbocycles. The second-order valence-corrected chi connectivity index (χ2v) is 3.09. The summed E-state index contributed by atoms with van der Waals surface area (Å²) >= 11 is 0. The highest BCUT2D eigenvalue weighted by Crippen LogP contribution is 2.17. The van der Waals surface area contributed by atoms with Gasteiger partial charge in [0, 0.05) is 7.11 Å². The fraction of sp³-hybridized carbons (Fsp3) is 0.300. The summed E-state index contributed by atoms with van der Waals surface area (Å²) in [4.78, 5) is 3.92. The number of anilines is 1. The number of nitrogens with one attached hydrogen (secondary N) is 2. The van der Waals surface area contributed by atoms with E-state index in [0.29, 0.717) is 13.2 Å². The van der Waals surface area contributed by atoms with Crippen LogP contribution in [0.1, 0.15) is 0 Å². The van der Waals surface area contributed by atoms with Crippen molar-refractivity contribution in [3.63, 3.8) is 0 Å². The molecule has 0 aliphatic rings. The lowest BCUT2D eigenvalue weighted by Crippen LogP contribution is -2.37. The van der Waals surface area contributed by atoms with Crippen molar-refractivity contribution in [2.75, 3.05) is 25.6 Å². The van der Waals surface area contributed by atoms with Gasteiger partial charge in [-0.2, -0.15) is 0 Å². The first-order valence-corrected chi connectivity index (χ1v) is 4.90. The fourth-order valence-electron chi connectivity index (χ4n) is 1.11. The zero-order valence-corrected chi connectivity index (χ0v) is 9.34. The second kappa shape index (κ2) is 6.77. The number of rotatable bonds is 4. The van der Waals surface area contributed by atoms with E-state index in [1.807, 2.05) is 0 Å². The molecule has 0 atom stereocenters. The van der Waals surface area contributed by atoms with Gasteiger partial charge < -0.3 is 10.1 Å².